The number of ether oxygens (including phenoxy) is 3. The van der Waals surface area contributed by atoms with Gasteiger partial charge in [-0.3, -0.25) is 19.8 Å². The van der Waals surface area contributed by atoms with Crippen molar-refractivity contribution in [2.75, 3.05) is 72.8 Å². The van der Waals surface area contributed by atoms with Crippen LogP contribution in [0.3, 0.4) is 0 Å². The summed E-state index contributed by atoms with van der Waals surface area (Å²) in [6.07, 6.45) is 0.137. The number of aliphatic hydroxyl groups excluding tert-OH is 2. The maximum Gasteiger partial charge on any atom is 0.265 e. The molecule has 1 saturated heterocycles. The van der Waals surface area contributed by atoms with Crippen molar-refractivity contribution in [3.05, 3.63) is 84.9 Å². The number of aliphatic hydroxyl groups is 2. The molecule has 46 heavy (non-hydrogen) atoms. The van der Waals surface area contributed by atoms with E-state index in [2.05, 4.69) is 4.90 Å². The summed E-state index contributed by atoms with van der Waals surface area (Å²) in [5.41, 5.74) is 1.57. The SMILES string of the molecule is COc1ccc(S(=O)(=O)C2(C(=O)NO)CCN(CCOc3ccccc3)CC2)cc1.OCCN(CCO)CCOc1ccccc1. The highest BCUT2D eigenvalue weighted by Gasteiger charge is 2.52. The third-order valence-corrected chi connectivity index (χ3v) is 10.2. The first-order chi connectivity index (χ1) is 22.3. The monoisotopic (exact) mass is 659 g/mol. The van der Waals surface area contributed by atoms with Gasteiger partial charge in [-0.2, -0.15) is 0 Å². The zero-order chi connectivity index (χ0) is 33.3. The van der Waals surface area contributed by atoms with Gasteiger partial charge in [0.1, 0.15) is 30.5 Å². The molecule has 4 N–H and O–H groups in total. The topological polar surface area (TPSA) is 158 Å². The number of hydroxylamine groups is 1. The van der Waals surface area contributed by atoms with Gasteiger partial charge in [-0.1, -0.05) is 36.4 Å². The molecule has 0 atom stereocenters. The van der Waals surface area contributed by atoms with Crippen LogP contribution in [-0.4, -0.2) is 117 Å². The highest BCUT2D eigenvalue weighted by molar-refractivity contribution is 7.93. The second kappa shape index (κ2) is 19.1. The number of nitrogens with one attached hydrogen (secondary N) is 1. The van der Waals surface area contributed by atoms with Crippen LogP contribution < -0.4 is 19.7 Å². The first kappa shape index (κ1) is 36.7. The third-order valence-electron chi connectivity index (χ3n) is 7.73. The van der Waals surface area contributed by atoms with Gasteiger partial charge in [-0.15, -0.1) is 0 Å². The Bertz CT molecular complexity index is 1380. The molecule has 1 aliphatic heterocycles. The van der Waals surface area contributed by atoms with E-state index in [1.165, 1.54) is 31.4 Å². The summed E-state index contributed by atoms with van der Waals surface area (Å²) < 4.78 is 41.3. The third kappa shape index (κ3) is 10.4. The van der Waals surface area contributed by atoms with E-state index in [0.29, 0.717) is 58.2 Å². The lowest BCUT2D eigenvalue weighted by Gasteiger charge is -2.39. The molecule has 0 spiro atoms. The average Bonchev–Trinajstić information content (AvgIpc) is 3.09. The summed E-state index contributed by atoms with van der Waals surface area (Å²) in [5, 5.41) is 26.9. The van der Waals surface area contributed by atoms with Crippen molar-refractivity contribution in [1.29, 1.82) is 0 Å². The molecule has 1 amide bonds. The molecule has 3 aromatic carbocycles. The number of piperidine rings is 1. The Kier molecular flexibility index (Phi) is 15.2. The Balaban J connectivity index is 0.000000304. The van der Waals surface area contributed by atoms with Crippen LogP contribution >= 0.6 is 0 Å². The van der Waals surface area contributed by atoms with Gasteiger partial charge in [0.05, 0.1) is 25.2 Å². The predicted molar refractivity (Wildman–Crippen MR) is 173 cm³/mol. The normalized spacial score (nSPS) is 14.5. The van der Waals surface area contributed by atoms with Gasteiger partial charge in [0, 0.05) is 39.3 Å². The molecule has 1 fully saturated rings. The summed E-state index contributed by atoms with van der Waals surface area (Å²) in [4.78, 5) is 16.6. The van der Waals surface area contributed by atoms with Crippen molar-refractivity contribution in [1.82, 2.24) is 15.3 Å². The summed E-state index contributed by atoms with van der Waals surface area (Å²) in [7, 11) is -2.54. The van der Waals surface area contributed by atoms with Crippen LogP contribution in [0.4, 0.5) is 0 Å². The van der Waals surface area contributed by atoms with Crippen LogP contribution in [0.5, 0.6) is 17.2 Å². The Morgan fingerprint density at radius 2 is 1.33 bits per heavy atom. The minimum atomic E-state index is -4.03. The molecule has 0 unspecified atom stereocenters. The van der Waals surface area contributed by atoms with Crippen molar-refractivity contribution >= 4 is 15.7 Å². The molecule has 1 aliphatic rings. The van der Waals surface area contributed by atoms with Crippen LogP contribution in [0.1, 0.15) is 12.8 Å². The number of amides is 1. The number of likely N-dealkylation sites (tertiary alicyclic amines) is 1. The molecule has 1 heterocycles. The van der Waals surface area contributed by atoms with Crippen LogP contribution in [0.25, 0.3) is 0 Å². The minimum Gasteiger partial charge on any atom is -0.497 e. The second-order valence-electron chi connectivity index (χ2n) is 10.6. The second-order valence-corrected chi connectivity index (χ2v) is 12.8. The van der Waals surface area contributed by atoms with Gasteiger partial charge in [-0.05, 0) is 61.4 Å². The number of nitrogens with zero attached hydrogens (tertiary/aromatic N) is 2. The maximum atomic E-state index is 13.4. The number of carbonyl (C=O) groups is 1. The van der Waals surface area contributed by atoms with Gasteiger partial charge in [0.25, 0.3) is 5.91 Å². The van der Waals surface area contributed by atoms with Crippen molar-refractivity contribution in [3.63, 3.8) is 0 Å². The van der Waals surface area contributed by atoms with E-state index >= 15 is 0 Å². The lowest BCUT2D eigenvalue weighted by atomic mass is 9.95. The number of methoxy groups -OCH3 is 1. The molecule has 4 rings (SSSR count). The Labute approximate surface area is 271 Å². The Morgan fingerprint density at radius 1 is 0.804 bits per heavy atom. The van der Waals surface area contributed by atoms with E-state index in [1.54, 1.807) is 5.48 Å². The van der Waals surface area contributed by atoms with E-state index < -0.39 is 20.5 Å². The highest BCUT2D eigenvalue weighted by Crippen LogP contribution is 2.36. The van der Waals surface area contributed by atoms with Gasteiger partial charge in [-0.25, -0.2) is 13.9 Å². The fourth-order valence-electron chi connectivity index (χ4n) is 5.07. The smallest absolute Gasteiger partial charge is 0.265 e. The number of rotatable bonds is 16. The molecule has 0 radical (unpaired) electrons. The van der Waals surface area contributed by atoms with Gasteiger partial charge >= 0.3 is 0 Å². The van der Waals surface area contributed by atoms with E-state index in [1.807, 2.05) is 65.6 Å². The predicted octanol–water partition coefficient (Wildman–Crippen LogP) is 2.24. The first-order valence-electron chi connectivity index (χ1n) is 15.1. The number of hydrogen-bond donors (Lipinski definition) is 4. The fourth-order valence-corrected chi connectivity index (χ4v) is 7.03. The van der Waals surface area contributed by atoms with Crippen molar-refractivity contribution in [3.8, 4) is 17.2 Å². The molecule has 252 valence electrons. The van der Waals surface area contributed by atoms with Crippen LogP contribution in [0.15, 0.2) is 89.8 Å². The fraction of sp³-hybridized carbons (Fsp3) is 0.424. The molecule has 0 aromatic heterocycles. The summed E-state index contributed by atoms with van der Waals surface area (Å²) in [5.74, 6) is 1.22. The van der Waals surface area contributed by atoms with Gasteiger partial charge < -0.3 is 24.4 Å². The maximum absolute atomic E-state index is 13.4. The van der Waals surface area contributed by atoms with Gasteiger partial charge in [0.15, 0.2) is 14.6 Å². The van der Waals surface area contributed by atoms with E-state index in [0.717, 1.165) is 11.5 Å². The number of hydrogen-bond acceptors (Lipinski definition) is 11. The zero-order valence-corrected chi connectivity index (χ0v) is 27.0. The van der Waals surface area contributed by atoms with Gasteiger partial charge in [0.2, 0.25) is 0 Å². The standard InChI is InChI=1S/C21H26N2O6S.C12H19NO3/c1-28-17-7-9-19(10-8-17)30(26,27)21(20(24)22-25)11-13-23(14-12-21)15-16-29-18-5-3-2-4-6-18;14-9-6-13(7-10-15)8-11-16-12-4-2-1-3-5-12/h2-10,25H,11-16H2,1H3,(H,22,24);1-5,14-15H,6-11H2. The minimum absolute atomic E-state index is 0.0211. The number of carbonyl (C=O) groups excluding carboxylic acids is 1. The molecule has 0 aliphatic carbocycles. The van der Waals surface area contributed by atoms with Crippen LogP contribution in [0.2, 0.25) is 0 Å². The molecule has 13 heteroatoms. The summed E-state index contributed by atoms with van der Waals surface area (Å²) in [6.45, 7) is 4.44. The summed E-state index contributed by atoms with van der Waals surface area (Å²) in [6, 6.07) is 24.9. The van der Waals surface area contributed by atoms with E-state index in [-0.39, 0.29) is 31.0 Å². The van der Waals surface area contributed by atoms with Crippen molar-refractivity contribution in [2.45, 2.75) is 22.5 Å². The summed E-state index contributed by atoms with van der Waals surface area (Å²) >= 11 is 0. The largest absolute Gasteiger partial charge is 0.497 e. The lowest BCUT2D eigenvalue weighted by Crippen LogP contribution is -2.58. The lowest BCUT2D eigenvalue weighted by molar-refractivity contribution is -0.133. The van der Waals surface area contributed by atoms with E-state index in [9.17, 15) is 18.4 Å². The Hall–Kier alpha value is -3.72. The first-order valence-corrected chi connectivity index (χ1v) is 16.6. The quantitative estimate of drug-likeness (QED) is 0.132. The van der Waals surface area contributed by atoms with Crippen molar-refractivity contribution in [2.24, 2.45) is 0 Å². The molecular formula is C33H45N3O9S. The highest BCUT2D eigenvalue weighted by atomic mass is 32.2. The number of benzene rings is 3. The molecule has 0 bridgehead atoms. The number of para-hydroxylation sites is 2. The zero-order valence-electron chi connectivity index (χ0n) is 26.2. The number of sulfone groups is 1. The molecule has 12 nitrogen and oxygen atoms in total. The van der Waals surface area contributed by atoms with Crippen LogP contribution in [-0.2, 0) is 14.6 Å². The van der Waals surface area contributed by atoms with E-state index in [4.69, 9.17) is 24.4 Å². The molecular weight excluding hydrogens is 614 g/mol. The molecule has 3 aromatic rings. The Morgan fingerprint density at radius 3 is 1.80 bits per heavy atom. The molecule has 0 saturated carbocycles. The van der Waals surface area contributed by atoms with Crippen molar-refractivity contribution < 1.29 is 42.8 Å². The van der Waals surface area contributed by atoms with Crippen LogP contribution in [0, 0.1) is 0 Å². The average molecular weight is 660 g/mol.